The van der Waals surface area contributed by atoms with Crippen molar-refractivity contribution in [2.24, 2.45) is 0 Å². The summed E-state index contributed by atoms with van der Waals surface area (Å²) in [4.78, 5) is 12.2. The molecule has 104 valence electrons. The predicted molar refractivity (Wildman–Crippen MR) is 85.6 cm³/mol. The smallest absolute Gasteiger partial charge is 0.251 e. The van der Waals surface area contributed by atoms with Crippen molar-refractivity contribution in [2.45, 2.75) is 20.4 Å². The van der Waals surface area contributed by atoms with Crippen molar-refractivity contribution >= 4 is 27.5 Å². The van der Waals surface area contributed by atoms with Gasteiger partial charge in [0, 0.05) is 22.3 Å². The van der Waals surface area contributed by atoms with Gasteiger partial charge in [0.2, 0.25) is 0 Å². The van der Waals surface area contributed by atoms with E-state index in [1.54, 1.807) is 6.07 Å². The molecular weight excluding hydrogens is 316 g/mol. The van der Waals surface area contributed by atoms with Crippen LogP contribution in [0.1, 0.15) is 27.0 Å². The maximum atomic E-state index is 12.2. The minimum Gasteiger partial charge on any atom is -0.398 e. The topological polar surface area (TPSA) is 55.1 Å². The molecule has 1 amide bonds. The second-order valence-electron chi connectivity index (χ2n) is 4.84. The van der Waals surface area contributed by atoms with Gasteiger partial charge in [0.1, 0.15) is 0 Å². The Balaban J connectivity index is 2.11. The molecule has 0 bridgehead atoms. The van der Waals surface area contributed by atoms with Crippen LogP contribution in [-0.4, -0.2) is 5.91 Å². The van der Waals surface area contributed by atoms with Gasteiger partial charge in [-0.1, -0.05) is 34.1 Å². The average Bonchev–Trinajstić information content (AvgIpc) is 2.40. The molecule has 2 aromatic carbocycles. The Morgan fingerprint density at radius 2 is 1.95 bits per heavy atom. The largest absolute Gasteiger partial charge is 0.398 e. The second kappa shape index (κ2) is 6.09. The van der Waals surface area contributed by atoms with Crippen LogP contribution in [0.2, 0.25) is 0 Å². The van der Waals surface area contributed by atoms with E-state index in [0.717, 1.165) is 21.2 Å². The number of nitrogens with one attached hydrogen (secondary N) is 1. The Bertz CT molecular complexity index is 653. The molecule has 4 heteroatoms. The van der Waals surface area contributed by atoms with Crippen LogP contribution in [0.4, 0.5) is 5.69 Å². The summed E-state index contributed by atoms with van der Waals surface area (Å²) in [5.74, 6) is -0.103. The molecule has 2 rings (SSSR count). The highest BCUT2D eigenvalue weighted by Gasteiger charge is 2.10. The number of hydrogen-bond donors (Lipinski definition) is 2. The maximum absolute atomic E-state index is 12.2. The molecule has 3 N–H and O–H groups in total. The highest BCUT2D eigenvalue weighted by atomic mass is 79.9. The zero-order chi connectivity index (χ0) is 14.7. The number of aryl methyl sites for hydroxylation is 2. The first-order chi connectivity index (χ1) is 9.47. The molecule has 2 aromatic rings. The fraction of sp³-hybridized carbons (Fsp3) is 0.188. The summed E-state index contributed by atoms with van der Waals surface area (Å²) in [7, 11) is 0. The van der Waals surface area contributed by atoms with Crippen molar-refractivity contribution in [3.05, 3.63) is 63.1 Å². The van der Waals surface area contributed by atoms with E-state index < -0.39 is 0 Å². The summed E-state index contributed by atoms with van der Waals surface area (Å²) < 4.78 is 1.00. The van der Waals surface area contributed by atoms with Gasteiger partial charge in [-0.15, -0.1) is 0 Å². The molecule has 0 fully saturated rings. The van der Waals surface area contributed by atoms with Crippen molar-refractivity contribution in [1.82, 2.24) is 5.32 Å². The lowest BCUT2D eigenvalue weighted by Gasteiger charge is -2.10. The molecule has 3 nitrogen and oxygen atoms in total. The van der Waals surface area contributed by atoms with E-state index in [-0.39, 0.29) is 5.91 Å². The number of anilines is 1. The van der Waals surface area contributed by atoms with E-state index in [1.807, 2.05) is 44.2 Å². The lowest BCUT2D eigenvalue weighted by atomic mass is 10.0. The van der Waals surface area contributed by atoms with Gasteiger partial charge in [-0.3, -0.25) is 4.79 Å². The fourth-order valence-electron chi connectivity index (χ4n) is 2.04. The number of rotatable bonds is 3. The summed E-state index contributed by atoms with van der Waals surface area (Å²) in [6, 6.07) is 11.5. The van der Waals surface area contributed by atoms with E-state index in [9.17, 15) is 4.79 Å². The van der Waals surface area contributed by atoms with Gasteiger partial charge in [0.25, 0.3) is 5.91 Å². The van der Waals surface area contributed by atoms with E-state index >= 15 is 0 Å². The van der Waals surface area contributed by atoms with Crippen molar-refractivity contribution in [3.8, 4) is 0 Å². The zero-order valence-electron chi connectivity index (χ0n) is 11.5. The number of carbonyl (C=O) groups excluding carboxylic acids is 1. The van der Waals surface area contributed by atoms with Gasteiger partial charge in [-0.2, -0.15) is 0 Å². The number of carbonyl (C=O) groups is 1. The molecule has 20 heavy (non-hydrogen) atoms. The molecule has 0 aliphatic carbocycles. The van der Waals surface area contributed by atoms with E-state index in [1.165, 1.54) is 0 Å². The van der Waals surface area contributed by atoms with E-state index in [0.29, 0.717) is 17.8 Å². The van der Waals surface area contributed by atoms with Crippen molar-refractivity contribution in [1.29, 1.82) is 0 Å². The summed E-state index contributed by atoms with van der Waals surface area (Å²) in [6.45, 7) is 4.34. The van der Waals surface area contributed by atoms with Gasteiger partial charge in [0.05, 0.1) is 0 Å². The van der Waals surface area contributed by atoms with Crippen molar-refractivity contribution < 1.29 is 4.79 Å². The molecule has 0 aliphatic heterocycles. The Hall–Kier alpha value is -1.81. The first-order valence-electron chi connectivity index (χ1n) is 6.36. The van der Waals surface area contributed by atoms with Gasteiger partial charge < -0.3 is 11.1 Å². The molecule has 0 saturated heterocycles. The third kappa shape index (κ3) is 3.39. The Labute approximate surface area is 127 Å². The van der Waals surface area contributed by atoms with Crippen LogP contribution in [0.3, 0.4) is 0 Å². The van der Waals surface area contributed by atoms with Crippen LogP contribution in [0.25, 0.3) is 0 Å². The average molecular weight is 333 g/mol. The molecule has 0 spiro atoms. The standard InChI is InChI=1S/C16H17BrN2O/c1-10-6-11(2)15(18)8-14(10)16(20)19-9-12-4-3-5-13(17)7-12/h3-8H,9,18H2,1-2H3,(H,19,20). The number of nitrogen functional groups attached to an aromatic ring is 1. The molecule has 0 saturated carbocycles. The molecule has 0 atom stereocenters. The first kappa shape index (κ1) is 14.6. The number of amides is 1. The van der Waals surface area contributed by atoms with Gasteiger partial charge in [-0.25, -0.2) is 0 Å². The van der Waals surface area contributed by atoms with Crippen LogP contribution in [0.15, 0.2) is 40.9 Å². The molecule has 0 heterocycles. The van der Waals surface area contributed by atoms with Gasteiger partial charge >= 0.3 is 0 Å². The predicted octanol–water partition coefficient (Wildman–Crippen LogP) is 3.58. The number of nitrogens with two attached hydrogens (primary N) is 1. The lowest BCUT2D eigenvalue weighted by molar-refractivity contribution is 0.0950. The third-order valence-corrected chi connectivity index (χ3v) is 3.69. The van der Waals surface area contributed by atoms with E-state index in [4.69, 9.17) is 5.73 Å². The Morgan fingerprint density at radius 3 is 2.65 bits per heavy atom. The van der Waals surface area contributed by atoms with Crippen LogP contribution in [-0.2, 0) is 6.54 Å². The highest BCUT2D eigenvalue weighted by Crippen LogP contribution is 2.18. The first-order valence-corrected chi connectivity index (χ1v) is 7.16. The fourth-order valence-corrected chi connectivity index (χ4v) is 2.48. The molecular formula is C16H17BrN2O. The molecule has 0 radical (unpaired) electrons. The minimum absolute atomic E-state index is 0.103. The molecule has 0 aliphatic rings. The maximum Gasteiger partial charge on any atom is 0.251 e. The molecule has 0 unspecified atom stereocenters. The highest BCUT2D eigenvalue weighted by molar-refractivity contribution is 9.10. The Morgan fingerprint density at radius 1 is 1.20 bits per heavy atom. The summed E-state index contributed by atoms with van der Waals surface area (Å²) in [5, 5.41) is 2.91. The van der Waals surface area contributed by atoms with Crippen molar-refractivity contribution in [2.75, 3.05) is 5.73 Å². The van der Waals surface area contributed by atoms with E-state index in [2.05, 4.69) is 21.2 Å². The Kier molecular flexibility index (Phi) is 4.45. The summed E-state index contributed by atoms with van der Waals surface area (Å²) in [5.41, 5.74) is 10.1. The summed E-state index contributed by atoms with van der Waals surface area (Å²) >= 11 is 3.41. The number of halogens is 1. The summed E-state index contributed by atoms with van der Waals surface area (Å²) in [6.07, 6.45) is 0. The monoisotopic (exact) mass is 332 g/mol. The normalized spacial score (nSPS) is 10.3. The van der Waals surface area contributed by atoms with Gasteiger partial charge in [0.15, 0.2) is 0 Å². The minimum atomic E-state index is -0.103. The van der Waals surface area contributed by atoms with Crippen LogP contribution >= 0.6 is 15.9 Å². The lowest BCUT2D eigenvalue weighted by Crippen LogP contribution is -2.23. The number of benzene rings is 2. The quantitative estimate of drug-likeness (QED) is 0.844. The van der Waals surface area contributed by atoms with Gasteiger partial charge in [-0.05, 0) is 48.7 Å². The third-order valence-electron chi connectivity index (χ3n) is 3.20. The number of hydrogen-bond acceptors (Lipinski definition) is 2. The molecule has 0 aromatic heterocycles. The van der Waals surface area contributed by atoms with Crippen LogP contribution in [0.5, 0.6) is 0 Å². The SMILES string of the molecule is Cc1cc(C)c(C(=O)NCc2cccc(Br)c2)cc1N. The van der Waals surface area contributed by atoms with Crippen molar-refractivity contribution in [3.63, 3.8) is 0 Å². The van der Waals surface area contributed by atoms with Crippen LogP contribution < -0.4 is 11.1 Å². The zero-order valence-corrected chi connectivity index (χ0v) is 13.1. The second-order valence-corrected chi connectivity index (χ2v) is 5.75. The van der Waals surface area contributed by atoms with Crippen LogP contribution in [0, 0.1) is 13.8 Å².